The lowest BCUT2D eigenvalue weighted by Crippen LogP contribution is -2.04. The molecule has 1 aliphatic heterocycles. The van der Waals surface area contributed by atoms with Crippen LogP contribution in [0.4, 0.5) is 26.2 Å². The van der Waals surface area contributed by atoms with Gasteiger partial charge in [0.2, 0.25) is 5.95 Å². The van der Waals surface area contributed by atoms with Gasteiger partial charge >= 0.3 is 0 Å². The number of nitrogens with two attached hydrogens (primary N) is 1. The summed E-state index contributed by atoms with van der Waals surface area (Å²) in [7, 11) is 0. The highest BCUT2D eigenvalue weighted by atomic mass is 19.2. The minimum Gasteiger partial charge on any atom is -0.368 e. The van der Waals surface area contributed by atoms with E-state index in [-0.39, 0.29) is 5.95 Å². The van der Waals surface area contributed by atoms with Crippen molar-refractivity contribution in [3.05, 3.63) is 77.0 Å². The summed E-state index contributed by atoms with van der Waals surface area (Å²) in [6, 6.07) is 11.2. The Balaban J connectivity index is 1.68. The molecule has 5 nitrogen and oxygen atoms in total. The molecule has 0 amide bonds. The topological polar surface area (TPSA) is 76.2 Å². The lowest BCUT2D eigenvalue weighted by molar-refractivity contribution is 0.508. The van der Waals surface area contributed by atoms with Crippen LogP contribution in [0.2, 0.25) is 0 Å². The number of benzene rings is 2. The van der Waals surface area contributed by atoms with Gasteiger partial charge in [0, 0.05) is 23.0 Å². The van der Waals surface area contributed by atoms with Crippen LogP contribution in [0.5, 0.6) is 0 Å². The van der Waals surface area contributed by atoms with Crippen molar-refractivity contribution < 1.29 is 8.78 Å². The highest BCUT2D eigenvalue weighted by molar-refractivity contribution is 6.15. The van der Waals surface area contributed by atoms with Crippen LogP contribution < -0.4 is 11.1 Å². The van der Waals surface area contributed by atoms with Gasteiger partial charge < -0.3 is 11.1 Å². The Kier molecular flexibility index (Phi) is 3.61. The molecule has 0 atom stereocenters. The fourth-order valence-electron chi connectivity index (χ4n) is 2.74. The number of nitrogens with zero attached hydrogens (tertiary/aromatic N) is 3. The van der Waals surface area contributed by atoms with Gasteiger partial charge in [-0.1, -0.05) is 6.07 Å². The van der Waals surface area contributed by atoms with Gasteiger partial charge in [0.15, 0.2) is 11.6 Å². The molecule has 4 rings (SSSR count). The molecule has 0 bridgehead atoms. The maximum absolute atomic E-state index is 13.5. The van der Waals surface area contributed by atoms with Gasteiger partial charge in [-0.15, -0.1) is 0 Å². The van der Waals surface area contributed by atoms with Crippen LogP contribution in [0.15, 0.2) is 53.7 Å². The second-order valence-corrected chi connectivity index (χ2v) is 5.59. The zero-order valence-electron chi connectivity index (χ0n) is 13.0. The summed E-state index contributed by atoms with van der Waals surface area (Å²) in [5.74, 6) is -1.02. The zero-order chi connectivity index (χ0) is 17.4. The van der Waals surface area contributed by atoms with E-state index in [4.69, 9.17) is 5.73 Å². The molecule has 0 fully saturated rings. The molecule has 0 aliphatic carbocycles. The molecule has 2 aromatic carbocycles. The van der Waals surface area contributed by atoms with Gasteiger partial charge in [-0.25, -0.2) is 13.8 Å². The molecule has 3 aromatic rings. The normalized spacial score (nSPS) is 12.6. The van der Waals surface area contributed by atoms with Gasteiger partial charge in [-0.05, 0) is 42.0 Å². The van der Waals surface area contributed by atoms with E-state index in [0.29, 0.717) is 23.6 Å². The Morgan fingerprint density at radius 3 is 2.68 bits per heavy atom. The van der Waals surface area contributed by atoms with Gasteiger partial charge in [-0.2, -0.15) is 4.98 Å². The number of aliphatic imine (C=N–C) groups is 1. The first-order valence-corrected chi connectivity index (χ1v) is 7.59. The van der Waals surface area contributed by atoms with Gasteiger partial charge in [0.25, 0.3) is 0 Å². The van der Waals surface area contributed by atoms with E-state index in [9.17, 15) is 8.78 Å². The zero-order valence-corrected chi connectivity index (χ0v) is 13.0. The number of halogens is 2. The third-order valence-corrected chi connectivity index (χ3v) is 3.91. The van der Waals surface area contributed by atoms with E-state index < -0.39 is 11.6 Å². The van der Waals surface area contributed by atoms with Crippen LogP contribution in [0, 0.1) is 11.6 Å². The van der Waals surface area contributed by atoms with Crippen molar-refractivity contribution in [3.8, 4) is 0 Å². The predicted molar refractivity (Wildman–Crippen MR) is 91.9 cm³/mol. The van der Waals surface area contributed by atoms with Crippen molar-refractivity contribution >= 4 is 23.2 Å². The second kappa shape index (κ2) is 5.94. The summed E-state index contributed by atoms with van der Waals surface area (Å²) >= 11 is 0. The van der Waals surface area contributed by atoms with Gasteiger partial charge in [0.1, 0.15) is 5.82 Å². The Bertz CT molecular complexity index is 1000. The standard InChI is InChI=1S/C18H13F2N5/c19-14-4-2-10(7-15(14)20)17-13-8-12(3-1-11(13)9-23-17)24-16-5-6-22-18(21)25-16/h1-8H,9H2,(H3,21,22,24,25). The quantitative estimate of drug-likeness (QED) is 0.768. The Morgan fingerprint density at radius 2 is 1.88 bits per heavy atom. The van der Waals surface area contributed by atoms with Crippen LogP contribution in [0.1, 0.15) is 16.7 Å². The van der Waals surface area contributed by atoms with Crippen LogP contribution in [-0.4, -0.2) is 15.7 Å². The molecular weight excluding hydrogens is 324 g/mol. The molecule has 3 N–H and O–H groups in total. The lowest BCUT2D eigenvalue weighted by Gasteiger charge is -2.10. The molecule has 2 heterocycles. The summed E-state index contributed by atoms with van der Waals surface area (Å²) in [5.41, 5.74) is 9.44. The van der Waals surface area contributed by atoms with Crippen molar-refractivity contribution in [2.75, 3.05) is 11.1 Å². The van der Waals surface area contributed by atoms with Gasteiger partial charge in [0.05, 0.1) is 12.3 Å². The molecule has 25 heavy (non-hydrogen) atoms. The number of rotatable bonds is 3. The third kappa shape index (κ3) is 2.91. The van der Waals surface area contributed by atoms with Crippen LogP contribution in [-0.2, 0) is 6.54 Å². The summed E-state index contributed by atoms with van der Waals surface area (Å²) in [6.07, 6.45) is 1.56. The smallest absolute Gasteiger partial charge is 0.221 e. The first kappa shape index (κ1) is 15.2. The van der Waals surface area contributed by atoms with Crippen LogP contribution in [0.3, 0.4) is 0 Å². The molecular formula is C18H13F2N5. The molecule has 0 unspecified atom stereocenters. The average Bonchev–Trinajstić information content (AvgIpc) is 3.01. The molecule has 1 aromatic heterocycles. The fourth-order valence-corrected chi connectivity index (χ4v) is 2.74. The SMILES string of the molecule is Nc1nccc(Nc2ccc3c(c2)C(c2ccc(F)c(F)c2)=NC3)n1. The van der Waals surface area contributed by atoms with E-state index >= 15 is 0 Å². The molecule has 1 aliphatic rings. The molecule has 0 radical (unpaired) electrons. The maximum atomic E-state index is 13.5. The summed E-state index contributed by atoms with van der Waals surface area (Å²) < 4.78 is 26.7. The summed E-state index contributed by atoms with van der Waals surface area (Å²) in [5, 5.41) is 3.15. The van der Waals surface area contributed by atoms with Crippen LogP contribution in [0.25, 0.3) is 0 Å². The van der Waals surface area contributed by atoms with Crippen molar-refractivity contribution in [2.45, 2.75) is 6.54 Å². The molecule has 0 spiro atoms. The number of aromatic nitrogens is 2. The highest BCUT2D eigenvalue weighted by Crippen LogP contribution is 2.27. The number of hydrogen-bond acceptors (Lipinski definition) is 5. The first-order chi connectivity index (χ1) is 12.1. The first-order valence-electron chi connectivity index (χ1n) is 7.59. The van der Waals surface area contributed by atoms with E-state index in [1.165, 1.54) is 6.07 Å². The van der Waals surface area contributed by atoms with E-state index in [1.807, 2.05) is 18.2 Å². The number of nitrogen functional groups attached to an aromatic ring is 1. The molecule has 7 heteroatoms. The van der Waals surface area contributed by atoms with E-state index in [1.54, 1.807) is 12.3 Å². The molecule has 124 valence electrons. The second-order valence-electron chi connectivity index (χ2n) is 5.59. The molecule has 0 saturated heterocycles. The Hall–Kier alpha value is -3.35. The number of anilines is 3. The fraction of sp³-hybridized carbons (Fsp3) is 0.0556. The van der Waals surface area contributed by atoms with Gasteiger partial charge in [-0.3, -0.25) is 4.99 Å². The third-order valence-electron chi connectivity index (χ3n) is 3.91. The van der Waals surface area contributed by atoms with Crippen molar-refractivity contribution in [1.82, 2.24) is 9.97 Å². The molecule has 0 saturated carbocycles. The van der Waals surface area contributed by atoms with Crippen molar-refractivity contribution in [1.29, 1.82) is 0 Å². The predicted octanol–water partition coefficient (Wildman–Crippen LogP) is 3.43. The summed E-state index contributed by atoms with van der Waals surface area (Å²) in [4.78, 5) is 12.4. The maximum Gasteiger partial charge on any atom is 0.221 e. The Labute approximate surface area is 142 Å². The van der Waals surface area contributed by atoms with E-state index in [2.05, 4.69) is 20.3 Å². The van der Waals surface area contributed by atoms with E-state index in [0.717, 1.165) is 28.9 Å². The highest BCUT2D eigenvalue weighted by Gasteiger charge is 2.19. The average molecular weight is 337 g/mol. The monoisotopic (exact) mass is 337 g/mol. The largest absolute Gasteiger partial charge is 0.368 e. The lowest BCUT2D eigenvalue weighted by atomic mass is 9.99. The number of nitrogens with one attached hydrogen (secondary N) is 1. The van der Waals surface area contributed by atoms with Crippen molar-refractivity contribution in [3.63, 3.8) is 0 Å². The minimum absolute atomic E-state index is 0.176. The summed E-state index contributed by atoms with van der Waals surface area (Å²) in [6.45, 7) is 0.504. The number of hydrogen-bond donors (Lipinski definition) is 2. The number of fused-ring (bicyclic) bond motifs is 1. The minimum atomic E-state index is -0.889. The Morgan fingerprint density at radius 1 is 1.00 bits per heavy atom. The van der Waals surface area contributed by atoms with Crippen molar-refractivity contribution in [2.24, 2.45) is 4.99 Å². The van der Waals surface area contributed by atoms with Crippen LogP contribution >= 0.6 is 0 Å².